The summed E-state index contributed by atoms with van der Waals surface area (Å²) in [6.07, 6.45) is 1.62. The van der Waals surface area contributed by atoms with Gasteiger partial charge in [-0.1, -0.05) is 6.07 Å². The van der Waals surface area contributed by atoms with Gasteiger partial charge in [-0.3, -0.25) is 0 Å². The lowest BCUT2D eigenvalue weighted by Gasteiger charge is -2.12. The molecule has 0 unspecified atom stereocenters. The predicted molar refractivity (Wildman–Crippen MR) is 82.9 cm³/mol. The molecule has 5 heteroatoms. The van der Waals surface area contributed by atoms with Crippen LogP contribution in [0.5, 0.6) is 0 Å². The number of nitriles is 1. The molecular weight excluding hydrogens is 370 g/mol. The number of nitrogens with one attached hydrogen (secondary N) is 1. The van der Waals surface area contributed by atoms with Gasteiger partial charge in [0.25, 0.3) is 0 Å². The fourth-order valence-electron chi connectivity index (χ4n) is 1.73. The first-order chi connectivity index (χ1) is 9.11. The molecule has 0 saturated heterocycles. The van der Waals surface area contributed by atoms with Crippen LogP contribution in [0.15, 0.2) is 39.4 Å². The van der Waals surface area contributed by atoms with E-state index >= 15 is 0 Å². The van der Waals surface area contributed by atoms with Crippen LogP contribution in [0.25, 0.3) is 0 Å². The van der Waals surface area contributed by atoms with E-state index in [9.17, 15) is 0 Å². The van der Waals surface area contributed by atoms with Crippen LogP contribution in [-0.2, 0) is 6.54 Å². The average Bonchev–Trinajstić information content (AvgIpc) is 2.38. The van der Waals surface area contributed by atoms with Crippen LogP contribution in [0, 0.1) is 18.3 Å². The van der Waals surface area contributed by atoms with Crippen molar-refractivity contribution in [1.29, 1.82) is 5.26 Å². The van der Waals surface area contributed by atoms with E-state index in [-0.39, 0.29) is 0 Å². The molecule has 0 fully saturated rings. The van der Waals surface area contributed by atoms with Crippen molar-refractivity contribution in [3.8, 4) is 6.07 Å². The number of hydrogen-bond acceptors (Lipinski definition) is 3. The van der Waals surface area contributed by atoms with Crippen molar-refractivity contribution < 1.29 is 0 Å². The molecule has 0 spiro atoms. The molecule has 0 atom stereocenters. The first kappa shape index (κ1) is 14.0. The van der Waals surface area contributed by atoms with Crippen LogP contribution in [0.1, 0.15) is 16.8 Å². The summed E-state index contributed by atoms with van der Waals surface area (Å²) in [5.74, 6) is 0. The Morgan fingerprint density at radius 2 is 2.00 bits per heavy atom. The monoisotopic (exact) mass is 379 g/mol. The number of aromatic nitrogens is 1. The van der Waals surface area contributed by atoms with Gasteiger partial charge in [-0.15, -0.1) is 0 Å². The van der Waals surface area contributed by atoms with Crippen LogP contribution in [0.2, 0.25) is 0 Å². The molecule has 0 radical (unpaired) electrons. The summed E-state index contributed by atoms with van der Waals surface area (Å²) in [6, 6.07) is 9.91. The van der Waals surface area contributed by atoms with Gasteiger partial charge in [-0.2, -0.15) is 5.26 Å². The van der Waals surface area contributed by atoms with E-state index in [4.69, 9.17) is 5.26 Å². The Hall–Kier alpha value is -1.38. The van der Waals surface area contributed by atoms with Gasteiger partial charge in [0.2, 0.25) is 0 Å². The molecular formula is C14H11Br2N3. The maximum atomic E-state index is 9.00. The fourth-order valence-corrected chi connectivity index (χ4v) is 3.43. The summed E-state index contributed by atoms with van der Waals surface area (Å²) in [5, 5.41) is 12.3. The molecule has 1 heterocycles. The SMILES string of the molecule is Cc1cc(Br)c(NCc2cccnc2C#N)c(Br)c1. The minimum absolute atomic E-state index is 0.453. The molecule has 19 heavy (non-hydrogen) atoms. The Morgan fingerprint density at radius 1 is 1.32 bits per heavy atom. The van der Waals surface area contributed by atoms with E-state index in [1.807, 2.05) is 31.2 Å². The second-order valence-electron chi connectivity index (χ2n) is 4.08. The molecule has 1 aromatic heterocycles. The van der Waals surface area contributed by atoms with E-state index < -0.39 is 0 Å². The second-order valence-corrected chi connectivity index (χ2v) is 5.79. The Balaban J connectivity index is 2.22. The molecule has 3 nitrogen and oxygen atoms in total. The van der Waals surface area contributed by atoms with Crippen molar-refractivity contribution in [3.05, 3.63) is 56.2 Å². The van der Waals surface area contributed by atoms with Gasteiger partial charge >= 0.3 is 0 Å². The number of rotatable bonds is 3. The standard InChI is InChI=1S/C14H11Br2N3/c1-9-5-11(15)14(12(16)6-9)19-8-10-3-2-4-18-13(10)7-17/h2-6,19H,8H2,1H3. The third-order valence-corrected chi connectivity index (χ3v) is 3.89. The third kappa shape index (κ3) is 3.34. The Labute approximate surface area is 128 Å². The number of benzene rings is 1. The summed E-state index contributed by atoms with van der Waals surface area (Å²) in [7, 11) is 0. The number of halogens is 2. The molecule has 0 amide bonds. The number of pyridine rings is 1. The zero-order chi connectivity index (χ0) is 13.8. The quantitative estimate of drug-likeness (QED) is 0.858. The summed E-state index contributed by atoms with van der Waals surface area (Å²) in [5.41, 5.74) is 3.47. The summed E-state index contributed by atoms with van der Waals surface area (Å²) >= 11 is 7.07. The molecule has 1 aromatic carbocycles. The van der Waals surface area contributed by atoms with Crippen molar-refractivity contribution in [1.82, 2.24) is 4.98 Å². The Bertz CT molecular complexity index is 624. The van der Waals surface area contributed by atoms with Gasteiger partial charge in [-0.05, 0) is 62.5 Å². The largest absolute Gasteiger partial charge is 0.379 e. The van der Waals surface area contributed by atoms with Crippen LogP contribution < -0.4 is 5.32 Å². The highest BCUT2D eigenvalue weighted by molar-refractivity contribution is 9.11. The molecule has 0 aliphatic carbocycles. The lowest BCUT2D eigenvalue weighted by atomic mass is 10.2. The summed E-state index contributed by atoms with van der Waals surface area (Å²) in [6.45, 7) is 2.59. The smallest absolute Gasteiger partial charge is 0.145 e. The van der Waals surface area contributed by atoms with Crippen LogP contribution in [0.4, 0.5) is 5.69 Å². The lowest BCUT2D eigenvalue weighted by molar-refractivity contribution is 1.08. The third-order valence-electron chi connectivity index (χ3n) is 2.64. The highest BCUT2D eigenvalue weighted by atomic mass is 79.9. The summed E-state index contributed by atoms with van der Waals surface area (Å²) < 4.78 is 1.98. The first-order valence-corrected chi connectivity index (χ1v) is 7.24. The van der Waals surface area contributed by atoms with Gasteiger partial charge in [-0.25, -0.2) is 4.98 Å². The van der Waals surface area contributed by atoms with Crippen LogP contribution in [0.3, 0.4) is 0 Å². The van der Waals surface area contributed by atoms with E-state index in [2.05, 4.69) is 48.2 Å². The lowest BCUT2D eigenvalue weighted by Crippen LogP contribution is -2.04. The highest BCUT2D eigenvalue weighted by Crippen LogP contribution is 2.32. The molecule has 0 saturated carbocycles. The average molecular weight is 381 g/mol. The first-order valence-electron chi connectivity index (χ1n) is 5.65. The topological polar surface area (TPSA) is 48.7 Å². The van der Waals surface area contributed by atoms with E-state index in [0.29, 0.717) is 12.2 Å². The molecule has 2 rings (SSSR count). The number of aryl methyl sites for hydroxylation is 1. The number of nitrogens with zero attached hydrogens (tertiary/aromatic N) is 2. The minimum Gasteiger partial charge on any atom is -0.379 e. The zero-order valence-electron chi connectivity index (χ0n) is 10.2. The van der Waals surface area contributed by atoms with Gasteiger partial charge in [0, 0.05) is 27.3 Å². The van der Waals surface area contributed by atoms with Crippen molar-refractivity contribution in [2.45, 2.75) is 13.5 Å². The van der Waals surface area contributed by atoms with Crippen molar-refractivity contribution in [2.75, 3.05) is 5.32 Å². The molecule has 0 aliphatic rings. The van der Waals surface area contributed by atoms with Crippen molar-refractivity contribution in [2.24, 2.45) is 0 Å². The zero-order valence-corrected chi connectivity index (χ0v) is 13.4. The van der Waals surface area contributed by atoms with Crippen LogP contribution >= 0.6 is 31.9 Å². The maximum absolute atomic E-state index is 9.00. The van der Waals surface area contributed by atoms with Crippen molar-refractivity contribution >= 4 is 37.5 Å². The minimum atomic E-state index is 0.453. The molecule has 0 aliphatic heterocycles. The van der Waals surface area contributed by atoms with Gasteiger partial charge in [0.15, 0.2) is 0 Å². The Morgan fingerprint density at radius 3 is 2.63 bits per heavy atom. The van der Waals surface area contributed by atoms with E-state index in [0.717, 1.165) is 20.2 Å². The maximum Gasteiger partial charge on any atom is 0.145 e. The Kier molecular flexibility index (Phi) is 4.56. The second kappa shape index (κ2) is 6.18. The van der Waals surface area contributed by atoms with Gasteiger partial charge in [0.05, 0.1) is 5.69 Å². The summed E-state index contributed by atoms with van der Waals surface area (Å²) in [4.78, 5) is 4.04. The highest BCUT2D eigenvalue weighted by Gasteiger charge is 2.07. The molecule has 2 aromatic rings. The normalized spacial score (nSPS) is 10.0. The molecule has 1 N–H and O–H groups in total. The predicted octanol–water partition coefficient (Wildman–Crippen LogP) is 4.40. The number of anilines is 1. The van der Waals surface area contributed by atoms with E-state index in [1.54, 1.807) is 6.20 Å². The fraction of sp³-hybridized carbons (Fsp3) is 0.143. The van der Waals surface area contributed by atoms with Gasteiger partial charge < -0.3 is 5.32 Å². The van der Waals surface area contributed by atoms with E-state index in [1.165, 1.54) is 5.56 Å². The molecule has 0 bridgehead atoms. The van der Waals surface area contributed by atoms with Crippen LogP contribution in [-0.4, -0.2) is 4.98 Å². The van der Waals surface area contributed by atoms with Crippen molar-refractivity contribution in [3.63, 3.8) is 0 Å². The molecule has 96 valence electrons. The van der Waals surface area contributed by atoms with Gasteiger partial charge in [0.1, 0.15) is 11.8 Å². The number of hydrogen-bond donors (Lipinski definition) is 1.